The van der Waals surface area contributed by atoms with E-state index in [9.17, 15) is 0 Å². The molecular formula is C66H49N. The van der Waals surface area contributed by atoms with Crippen LogP contribution in [0.3, 0.4) is 0 Å². The maximum Gasteiger partial charge on any atom is 0.0726 e. The molecule has 4 aliphatic rings. The first kappa shape index (κ1) is 38.5. The zero-order chi connectivity index (χ0) is 44.1. The first-order valence-electron chi connectivity index (χ1n) is 24.3. The summed E-state index contributed by atoms with van der Waals surface area (Å²) in [5.74, 6) is 0.935. The van der Waals surface area contributed by atoms with Crippen LogP contribution in [0.4, 0.5) is 17.1 Å². The summed E-state index contributed by atoms with van der Waals surface area (Å²) in [5, 5.41) is 2.51. The van der Waals surface area contributed by atoms with E-state index in [-0.39, 0.29) is 0 Å². The van der Waals surface area contributed by atoms with E-state index in [0.29, 0.717) is 5.41 Å². The van der Waals surface area contributed by atoms with Crippen LogP contribution in [0.1, 0.15) is 59.9 Å². The minimum absolute atomic E-state index is 0.410. The molecule has 0 unspecified atom stereocenters. The molecule has 2 saturated carbocycles. The van der Waals surface area contributed by atoms with Crippen LogP contribution in [-0.4, -0.2) is 0 Å². The summed E-state index contributed by atoms with van der Waals surface area (Å²) < 4.78 is 0. The van der Waals surface area contributed by atoms with Gasteiger partial charge in [-0.3, -0.25) is 0 Å². The first-order valence-corrected chi connectivity index (χ1v) is 24.3. The molecule has 10 aromatic carbocycles. The second-order valence-corrected chi connectivity index (χ2v) is 19.6. The highest BCUT2D eigenvalue weighted by Gasteiger charge is 2.52. The largest absolute Gasteiger partial charge is 0.310 e. The van der Waals surface area contributed by atoms with Gasteiger partial charge >= 0.3 is 0 Å². The Morgan fingerprint density at radius 3 is 1.55 bits per heavy atom. The zero-order valence-electron chi connectivity index (χ0n) is 37.5. The lowest BCUT2D eigenvalue weighted by atomic mass is 9.70. The second kappa shape index (κ2) is 14.9. The van der Waals surface area contributed by atoms with Crippen molar-refractivity contribution in [1.29, 1.82) is 0 Å². The fraction of sp³-hybridized carbons (Fsp3) is 0.121. The Labute approximate surface area is 393 Å². The van der Waals surface area contributed by atoms with E-state index in [1.807, 2.05) is 0 Å². The third kappa shape index (κ3) is 5.68. The Bertz CT molecular complexity index is 3500. The lowest BCUT2D eigenvalue weighted by Crippen LogP contribution is -2.26. The number of fused-ring (bicyclic) bond motifs is 13. The van der Waals surface area contributed by atoms with Crippen molar-refractivity contribution in [2.75, 3.05) is 4.90 Å². The SMILES string of the molecule is c1ccc(-c2cccc3cccc(-c4cccc(N(c5ccc(-c6ccc(C78CCC(CC7)C8)cc6)cc5)c5cccc6c5-c5ccccc5C65c6ccccc6-c6ccccc65)c4)c23)cc1. The summed E-state index contributed by atoms with van der Waals surface area (Å²) in [6.07, 6.45) is 6.88. The standard InChI is InChI=1S/C66H49N/c1-2-14-47(15-3-1)53-23-11-16-48-17-12-24-54(63(48)53)49-18-10-19-52(42-49)67(51-36-32-46(33-37-51)45-30-34-50(35-31-45)65-40-38-44(43-65)39-41-65)62-29-13-28-61-64(62)57-22-6-9-27-60(57)66(61)58-25-7-4-20-55(58)56-21-5-8-26-59(56)66/h1-37,42,44H,38-41,43H2. The Balaban J connectivity index is 0.963. The van der Waals surface area contributed by atoms with Gasteiger partial charge in [0.2, 0.25) is 0 Å². The molecule has 1 spiro atoms. The third-order valence-electron chi connectivity index (χ3n) is 16.3. The smallest absolute Gasteiger partial charge is 0.0726 e. The van der Waals surface area contributed by atoms with Gasteiger partial charge < -0.3 is 4.90 Å². The van der Waals surface area contributed by atoms with Gasteiger partial charge in [0.1, 0.15) is 0 Å². The Kier molecular flexibility index (Phi) is 8.56. The van der Waals surface area contributed by atoms with Crippen LogP contribution in [0.15, 0.2) is 231 Å². The Morgan fingerprint density at radius 2 is 0.896 bits per heavy atom. The second-order valence-electron chi connectivity index (χ2n) is 19.6. The number of rotatable bonds is 7. The molecule has 0 aromatic heterocycles. The minimum Gasteiger partial charge on any atom is -0.310 e. The summed E-state index contributed by atoms with van der Waals surface area (Å²) in [4.78, 5) is 2.52. The van der Waals surface area contributed by atoms with Gasteiger partial charge in [0.05, 0.1) is 11.1 Å². The number of benzene rings is 10. The molecule has 10 aromatic rings. The van der Waals surface area contributed by atoms with E-state index in [4.69, 9.17) is 0 Å². The first-order chi connectivity index (χ1) is 33.2. The average molecular weight is 856 g/mol. The Hall–Kier alpha value is -7.74. The van der Waals surface area contributed by atoms with Crippen LogP contribution in [0, 0.1) is 5.92 Å². The van der Waals surface area contributed by atoms with Gasteiger partial charge in [-0.15, -0.1) is 0 Å². The van der Waals surface area contributed by atoms with Crippen LogP contribution in [0.25, 0.3) is 66.4 Å². The van der Waals surface area contributed by atoms with Crippen molar-refractivity contribution in [2.24, 2.45) is 5.92 Å². The van der Waals surface area contributed by atoms with E-state index in [1.54, 1.807) is 5.56 Å². The molecule has 0 saturated heterocycles. The lowest BCUT2D eigenvalue weighted by Gasteiger charge is -2.32. The molecule has 0 amide bonds. The molecule has 0 heterocycles. The van der Waals surface area contributed by atoms with Crippen LogP contribution in [0.2, 0.25) is 0 Å². The van der Waals surface area contributed by atoms with Crippen molar-refractivity contribution >= 4 is 27.8 Å². The van der Waals surface area contributed by atoms with Crippen LogP contribution < -0.4 is 4.90 Å². The van der Waals surface area contributed by atoms with Gasteiger partial charge in [0.25, 0.3) is 0 Å². The van der Waals surface area contributed by atoms with E-state index in [1.165, 1.54) is 126 Å². The van der Waals surface area contributed by atoms with Gasteiger partial charge in [-0.25, -0.2) is 0 Å². The topological polar surface area (TPSA) is 3.24 Å². The lowest BCUT2D eigenvalue weighted by molar-refractivity contribution is 0.419. The number of anilines is 3. The zero-order valence-corrected chi connectivity index (χ0v) is 37.5. The van der Waals surface area contributed by atoms with E-state index in [0.717, 1.165) is 17.3 Å². The maximum absolute atomic E-state index is 2.52. The maximum atomic E-state index is 2.52. The fourth-order valence-corrected chi connectivity index (χ4v) is 13.4. The quantitative estimate of drug-likeness (QED) is 0.154. The number of hydrogen-bond donors (Lipinski definition) is 0. The van der Waals surface area contributed by atoms with Crippen molar-refractivity contribution < 1.29 is 0 Å². The summed E-state index contributed by atoms with van der Waals surface area (Å²) in [7, 11) is 0. The molecule has 318 valence electrons. The van der Waals surface area contributed by atoms with Gasteiger partial charge in [0.15, 0.2) is 0 Å². The van der Waals surface area contributed by atoms with E-state index in [2.05, 4.69) is 235 Å². The van der Waals surface area contributed by atoms with Crippen LogP contribution in [-0.2, 0) is 10.8 Å². The predicted molar refractivity (Wildman–Crippen MR) is 279 cm³/mol. The van der Waals surface area contributed by atoms with E-state index < -0.39 is 5.41 Å². The molecule has 0 aliphatic heterocycles. The van der Waals surface area contributed by atoms with Crippen molar-refractivity contribution in [2.45, 2.75) is 42.9 Å². The molecule has 4 aliphatic carbocycles. The predicted octanol–water partition coefficient (Wildman–Crippen LogP) is 17.5. The highest BCUT2D eigenvalue weighted by atomic mass is 15.1. The number of nitrogens with zero attached hydrogens (tertiary/aromatic N) is 1. The van der Waals surface area contributed by atoms with Gasteiger partial charge in [-0.2, -0.15) is 0 Å². The summed E-state index contributed by atoms with van der Waals surface area (Å²) in [5.41, 5.74) is 22.9. The molecule has 1 nitrogen and oxygen atoms in total. The molecule has 14 rings (SSSR count). The monoisotopic (exact) mass is 855 g/mol. The molecule has 67 heavy (non-hydrogen) atoms. The average Bonchev–Trinajstić information content (AvgIpc) is 4.17. The third-order valence-corrected chi connectivity index (χ3v) is 16.3. The highest BCUT2D eigenvalue weighted by Crippen LogP contribution is 2.65. The molecular weight excluding hydrogens is 807 g/mol. The molecule has 0 N–H and O–H groups in total. The van der Waals surface area contributed by atoms with Crippen molar-refractivity contribution in [1.82, 2.24) is 0 Å². The summed E-state index contributed by atoms with van der Waals surface area (Å²) in [6.45, 7) is 0. The van der Waals surface area contributed by atoms with Crippen molar-refractivity contribution in [3.05, 3.63) is 258 Å². The number of hydrogen-bond acceptors (Lipinski definition) is 1. The fourth-order valence-electron chi connectivity index (χ4n) is 13.4. The molecule has 0 radical (unpaired) electrons. The normalized spacial score (nSPS) is 17.9. The van der Waals surface area contributed by atoms with Gasteiger partial charge in [0, 0.05) is 16.9 Å². The summed E-state index contributed by atoms with van der Waals surface area (Å²) in [6, 6.07) is 86.9. The molecule has 0 atom stereocenters. The molecule has 2 fully saturated rings. The summed E-state index contributed by atoms with van der Waals surface area (Å²) >= 11 is 0. The van der Waals surface area contributed by atoms with E-state index >= 15 is 0 Å². The highest BCUT2D eigenvalue weighted by molar-refractivity contribution is 6.07. The molecule has 1 heteroatoms. The minimum atomic E-state index is -0.438. The van der Waals surface area contributed by atoms with Gasteiger partial charge in [-0.1, -0.05) is 200 Å². The van der Waals surface area contributed by atoms with Crippen molar-refractivity contribution in [3.8, 4) is 55.6 Å². The van der Waals surface area contributed by atoms with Crippen LogP contribution >= 0.6 is 0 Å². The van der Waals surface area contributed by atoms with Gasteiger partial charge in [-0.05, 0) is 162 Å². The van der Waals surface area contributed by atoms with Crippen LogP contribution in [0.5, 0.6) is 0 Å². The Morgan fingerprint density at radius 1 is 0.373 bits per heavy atom. The molecule has 2 bridgehead atoms. The van der Waals surface area contributed by atoms with Crippen molar-refractivity contribution in [3.63, 3.8) is 0 Å².